The summed E-state index contributed by atoms with van der Waals surface area (Å²) in [4.78, 5) is 2.70. The highest BCUT2D eigenvalue weighted by Crippen LogP contribution is 2.33. The van der Waals surface area contributed by atoms with E-state index in [4.69, 9.17) is 10.0 Å². The quantitative estimate of drug-likeness (QED) is 0.579. The minimum absolute atomic E-state index is 0.135. The molecule has 3 nitrogen and oxygen atoms in total. The standard InChI is InChI=1S/C7H4BF6NO2/c9-6(10,11)3-1-5(7(12,13)14)15-2-4(3)8(16)17/h1-2,16-17H. The van der Waals surface area contributed by atoms with Gasteiger partial charge in [0, 0.05) is 11.7 Å². The van der Waals surface area contributed by atoms with Crippen LogP contribution in [0, 0.1) is 0 Å². The van der Waals surface area contributed by atoms with Gasteiger partial charge in [-0.15, -0.1) is 0 Å². The molecule has 0 fully saturated rings. The van der Waals surface area contributed by atoms with Gasteiger partial charge in [0.05, 0.1) is 5.56 Å². The predicted octanol–water partition coefficient (Wildman–Crippen LogP) is 0.799. The molecule has 0 aromatic carbocycles. The summed E-state index contributed by atoms with van der Waals surface area (Å²) >= 11 is 0. The van der Waals surface area contributed by atoms with Crippen molar-refractivity contribution in [2.24, 2.45) is 0 Å². The third kappa shape index (κ3) is 3.10. The topological polar surface area (TPSA) is 53.4 Å². The Labute approximate surface area is 90.9 Å². The van der Waals surface area contributed by atoms with Gasteiger partial charge in [0.1, 0.15) is 5.69 Å². The summed E-state index contributed by atoms with van der Waals surface area (Å²) in [6.45, 7) is 0. The largest absolute Gasteiger partial charge is 0.490 e. The molecule has 0 saturated heterocycles. The number of halogens is 6. The van der Waals surface area contributed by atoms with Crippen molar-refractivity contribution in [2.75, 3.05) is 0 Å². The van der Waals surface area contributed by atoms with Crippen LogP contribution in [0.2, 0.25) is 0 Å². The molecule has 2 N–H and O–H groups in total. The Morgan fingerprint density at radius 3 is 1.88 bits per heavy atom. The maximum atomic E-state index is 12.4. The Kier molecular flexibility index (Phi) is 3.39. The number of nitrogens with zero attached hydrogens (tertiary/aromatic N) is 1. The van der Waals surface area contributed by atoms with Crippen molar-refractivity contribution in [1.82, 2.24) is 4.98 Å². The van der Waals surface area contributed by atoms with Crippen molar-refractivity contribution in [1.29, 1.82) is 0 Å². The fourth-order valence-electron chi connectivity index (χ4n) is 1.07. The molecule has 0 spiro atoms. The van der Waals surface area contributed by atoms with Gasteiger partial charge < -0.3 is 10.0 Å². The van der Waals surface area contributed by atoms with Gasteiger partial charge in [-0.25, -0.2) is 0 Å². The molecule has 0 radical (unpaired) electrons. The van der Waals surface area contributed by atoms with Crippen LogP contribution in [-0.4, -0.2) is 22.2 Å². The zero-order chi connectivity index (χ0) is 13.4. The van der Waals surface area contributed by atoms with Crippen LogP contribution < -0.4 is 5.46 Å². The van der Waals surface area contributed by atoms with Crippen molar-refractivity contribution in [3.05, 3.63) is 23.5 Å². The maximum absolute atomic E-state index is 12.4. The lowest BCUT2D eigenvalue weighted by Gasteiger charge is -2.14. The molecule has 0 aliphatic carbocycles. The minimum Gasteiger partial charge on any atom is -0.423 e. The second-order valence-electron chi connectivity index (χ2n) is 3.03. The Bertz CT molecular complexity index is 416. The monoisotopic (exact) mass is 259 g/mol. The molecule has 0 atom stereocenters. The summed E-state index contributed by atoms with van der Waals surface area (Å²) in [5.41, 5.74) is -4.67. The summed E-state index contributed by atoms with van der Waals surface area (Å²) in [6.07, 6.45) is -10.0. The molecular weight excluding hydrogens is 255 g/mol. The van der Waals surface area contributed by atoms with Gasteiger partial charge >= 0.3 is 19.5 Å². The van der Waals surface area contributed by atoms with Crippen molar-refractivity contribution in [3.63, 3.8) is 0 Å². The van der Waals surface area contributed by atoms with E-state index in [1.54, 1.807) is 0 Å². The fourth-order valence-corrected chi connectivity index (χ4v) is 1.07. The predicted molar refractivity (Wildman–Crippen MR) is 44.1 cm³/mol. The Morgan fingerprint density at radius 2 is 1.53 bits per heavy atom. The highest BCUT2D eigenvalue weighted by Gasteiger charge is 2.40. The summed E-state index contributed by atoms with van der Waals surface area (Å²) < 4.78 is 73.5. The number of pyridine rings is 1. The number of aromatic nitrogens is 1. The molecule has 1 heterocycles. The first-order valence-corrected chi connectivity index (χ1v) is 4.04. The molecule has 0 amide bonds. The van der Waals surface area contributed by atoms with Crippen LogP contribution in [0.3, 0.4) is 0 Å². The van der Waals surface area contributed by atoms with Gasteiger partial charge in [-0.1, -0.05) is 0 Å². The molecule has 17 heavy (non-hydrogen) atoms. The van der Waals surface area contributed by atoms with E-state index in [-0.39, 0.29) is 12.3 Å². The van der Waals surface area contributed by atoms with Crippen LogP contribution in [0.5, 0.6) is 0 Å². The fraction of sp³-hybridized carbons (Fsp3) is 0.286. The summed E-state index contributed by atoms with van der Waals surface area (Å²) in [5.74, 6) is 0. The zero-order valence-electron chi connectivity index (χ0n) is 7.84. The van der Waals surface area contributed by atoms with Crippen molar-refractivity contribution in [2.45, 2.75) is 12.4 Å². The third-order valence-electron chi connectivity index (χ3n) is 1.81. The lowest BCUT2D eigenvalue weighted by atomic mass is 9.78. The first-order chi connectivity index (χ1) is 7.53. The van der Waals surface area contributed by atoms with E-state index in [0.717, 1.165) is 0 Å². The van der Waals surface area contributed by atoms with E-state index in [1.165, 1.54) is 0 Å². The third-order valence-corrected chi connectivity index (χ3v) is 1.81. The molecule has 0 aliphatic rings. The zero-order valence-corrected chi connectivity index (χ0v) is 7.84. The number of rotatable bonds is 1. The van der Waals surface area contributed by atoms with E-state index in [0.29, 0.717) is 0 Å². The van der Waals surface area contributed by atoms with Crippen LogP contribution in [0.1, 0.15) is 11.3 Å². The smallest absolute Gasteiger partial charge is 0.423 e. The lowest BCUT2D eigenvalue weighted by molar-refractivity contribution is -0.145. The van der Waals surface area contributed by atoms with Crippen molar-refractivity contribution in [3.8, 4) is 0 Å². The molecular formula is C7H4BF6NO2. The summed E-state index contributed by atoms with van der Waals surface area (Å²) in [5, 5.41) is 17.2. The van der Waals surface area contributed by atoms with Crippen LogP contribution in [0.4, 0.5) is 26.3 Å². The number of hydrogen-bond acceptors (Lipinski definition) is 3. The average molecular weight is 259 g/mol. The Morgan fingerprint density at radius 1 is 1.00 bits per heavy atom. The molecule has 0 aliphatic heterocycles. The Hall–Kier alpha value is -1.29. The van der Waals surface area contributed by atoms with Gasteiger partial charge in [0.15, 0.2) is 0 Å². The van der Waals surface area contributed by atoms with E-state index >= 15 is 0 Å². The van der Waals surface area contributed by atoms with E-state index < -0.39 is 36.2 Å². The van der Waals surface area contributed by atoms with Gasteiger partial charge in [-0.3, -0.25) is 4.98 Å². The molecule has 94 valence electrons. The van der Waals surface area contributed by atoms with Crippen molar-refractivity contribution < 1.29 is 36.4 Å². The highest BCUT2D eigenvalue weighted by molar-refractivity contribution is 6.59. The van der Waals surface area contributed by atoms with E-state index in [2.05, 4.69) is 4.98 Å². The van der Waals surface area contributed by atoms with E-state index in [1.807, 2.05) is 0 Å². The highest BCUT2D eigenvalue weighted by atomic mass is 19.4. The Balaban J connectivity index is 3.41. The molecule has 1 rings (SSSR count). The SMILES string of the molecule is OB(O)c1cnc(C(F)(F)F)cc1C(F)(F)F. The lowest BCUT2D eigenvalue weighted by Crippen LogP contribution is -2.37. The number of hydrogen-bond donors (Lipinski definition) is 2. The molecule has 0 saturated carbocycles. The molecule has 1 aromatic rings. The average Bonchev–Trinajstić information content (AvgIpc) is 2.14. The summed E-state index contributed by atoms with van der Waals surface area (Å²) in [7, 11) is -2.55. The molecule has 10 heteroatoms. The minimum atomic E-state index is -5.14. The summed E-state index contributed by atoms with van der Waals surface area (Å²) in [6, 6.07) is -0.269. The molecule has 0 unspecified atom stereocenters. The normalized spacial score (nSPS) is 12.7. The van der Waals surface area contributed by atoms with E-state index in [9.17, 15) is 26.3 Å². The molecule has 1 aromatic heterocycles. The van der Waals surface area contributed by atoms with Gasteiger partial charge in [-0.05, 0) is 6.07 Å². The first kappa shape index (κ1) is 13.8. The van der Waals surface area contributed by atoms with Crippen LogP contribution in [-0.2, 0) is 12.4 Å². The van der Waals surface area contributed by atoms with Gasteiger partial charge in [0.2, 0.25) is 0 Å². The van der Waals surface area contributed by atoms with Gasteiger partial charge in [0.25, 0.3) is 0 Å². The first-order valence-electron chi connectivity index (χ1n) is 4.04. The van der Waals surface area contributed by atoms with Crippen molar-refractivity contribution >= 4 is 12.6 Å². The van der Waals surface area contributed by atoms with Crippen LogP contribution in [0.15, 0.2) is 12.3 Å². The van der Waals surface area contributed by atoms with Crippen LogP contribution >= 0.6 is 0 Å². The second kappa shape index (κ2) is 4.19. The van der Waals surface area contributed by atoms with Crippen LogP contribution in [0.25, 0.3) is 0 Å². The maximum Gasteiger partial charge on any atom is 0.490 e. The molecule has 0 bridgehead atoms. The van der Waals surface area contributed by atoms with Gasteiger partial charge in [-0.2, -0.15) is 26.3 Å². The number of alkyl halides is 6. The second-order valence-corrected chi connectivity index (χ2v) is 3.03.